The van der Waals surface area contributed by atoms with Crippen molar-refractivity contribution >= 4 is 21.9 Å². The van der Waals surface area contributed by atoms with E-state index in [0.717, 1.165) is 6.07 Å². The lowest BCUT2D eigenvalue weighted by atomic mass is 9.85. The summed E-state index contributed by atoms with van der Waals surface area (Å²) >= 11 is 2.93. The number of aromatic hydroxyl groups is 1. The van der Waals surface area contributed by atoms with E-state index in [1.54, 1.807) is 0 Å². The van der Waals surface area contributed by atoms with Crippen molar-refractivity contribution in [1.82, 2.24) is 0 Å². The Kier molecular flexibility index (Phi) is 4.19. The van der Waals surface area contributed by atoms with Gasteiger partial charge in [-0.15, -0.1) is 0 Å². The minimum atomic E-state index is -4.70. The van der Waals surface area contributed by atoms with Crippen LogP contribution in [0.15, 0.2) is 16.6 Å². The Bertz CT molecular complexity index is 510. The first-order valence-corrected chi connectivity index (χ1v) is 6.06. The number of halogens is 4. The molecular weight excluding hydrogens is 329 g/mol. The van der Waals surface area contributed by atoms with Crippen LogP contribution in [0.25, 0.3) is 0 Å². The zero-order chi connectivity index (χ0) is 15.0. The summed E-state index contributed by atoms with van der Waals surface area (Å²) in [7, 11) is 0. The van der Waals surface area contributed by atoms with Gasteiger partial charge in [-0.1, -0.05) is 15.9 Å². The first-order valence-electron chi connectivity index (χ1n) is 5.27. The molecule has 0 aliphatic heterocycles. The predicted octanol–water partition coefficient (Wildman–Crippen LogP) is 3.83. The summed E-state index contributed by atoms with van der Waals surface area (Å²) in [6.45, 7) is 2.76. The molecule has 1 rings (SSSR count). The number of carboxylic acid groups (broad SMARTS) is 1. The topological polar surface area (TPSA) is 57.5 Å². The van der Waals surface area contributed by atoms with E-state index in [1.165, 1.54) is 19.9 Å². The number of phenolic OH excluding ortho intramolecular Hbond substituents is 1. The Balaban J connectivity index is 3.31. The number of carboxylic acids is 1. The van der Waals surface area contributed by atoms with Gasteiger partial charge in [-0.05, 0) is 38.0 Å². The molecule has 19 heavy (non-hydrogen) atoms. The molecule has 0 saturated heterocycles. The Morgan fingerprint density at radius 3 is 2.26 bits per heavy atom. The number of hydrogen-bond donors (Lipinski definition) is 2. The third-order valence-electron chi connectivity index (χ3n) is 2.67. The van der Waals surface area contributed by atoms with Crippen LogP contribution in [0.5, 0.6) is 5.75 Å². The molecule has 0 spiro atoms. The van der Waals surface area contributed by atoms with Crippen LogP contribution in [-0.2, 0) is 17.4 Å². The lowest BCUT2D eigenvalue weighted by Crippen LogP contribution is -2.26. The molecule has 0 radical (unpaired) electrons. The molecule has 7 heteroatoms. The molecule has 0 saturated carbocycles. The smallest absolute Gasteiger partial charge is 0.420 e. The van der Waals surface area contributed by atoms with Crippen LogP contribution in [-0.4, -0.2) is 16.2 Å². The van der Waals surface area contributed by atoms with Crippen LogP contribution >= 0.6 is 15.9 Å². The van der Waals surface area contributed by atoms with Crippen LogP contribution in [0.1, 0.15) is 25.0 Å². The second kappa shape index (κ2) is 5.03. The summed E-state index contributed by atoms with van der Waals surface area (Å²) < 4.78 is 38.2. The first kappa shape index (κ1) is 15.8. The maximum atomic E-state index is 12.7. The van der Waals surface area contributed by atoms with Crippen molar-refractivity contribution in [2.24, 2.45) is 5.41 Å². The van der Waals surface area contributed by atoms with Crippen LogP contribution in [0, 0.1) is 5.41 Å². The quantitative estimate of drug-likeness (QED) is 0.879. The zero-order valence-electron chi connectivity index (χ0n) is 10.2. The average molecular weight is 341 g/mol. The van der Waals surface area contributed by atoms with Crippen LogP contribution in [0.4, 0.5) is 13.2 Å². The van der Waals surface area contributed by atoms with E-state index in [1.807, 2.05) is 0 Å². The Hall–Kier alpha value is -1.24. The zero-order valence-corrected chi connectivity index (χ0v) is 11.8. The monoisotopic (exact) mass is 340 g/mol. The van der Waals surface area contributed by atoms with Crippen molar-refractivity contribution < 1.29 is 28.2 Å². The van der Waals surface area contributed by atoms with Gasteiger partial charge < -0.3 is 10.2 Å². The molecule has 0 fully saturated rings. The van der Waals surface area contributed by atoms with Gasteiger partial charge in [-0.3, -0.25) is 4.79 Å². The standard InChI is InChI=1S/C12H12BrF3O3/c1-11(2,10(18)19)5-6-3-7(13)4-8(9(6)17)12(14,15)16/h3-4,17H,5H2,1-2H3,(H,18,19). The lowest BCUT2D eigenvalue weighted by Gasteiger charge is -2.21. The number of phenols is 1. The van der Waals surface area contributed by atoms with Crippen molar-refractivity contribution in [3.8, 4) is 5.75 Å². The summed E-state index contributed by atoms with van der Waals surface area (Å²) in [5, 5.41) is 18.6. The molecule has 106 valence electrons. The van der Waals surface area contributed by atoms with Gasteiger partial charge >= 0.3 is 12.1 Å². The van der Waals surface area contributed by atoms with Gasteiger partial charge in [0.15, 0.2) is 0 Å². The first-order chi connectivity index (χ1) is 8.45. The second-order valence-corrected chi connectivity index (χ2v) is 5.74. The summed E-state index contributed by atoms with van der Waals surface area (Å²) in [5.41, 5.74) is -2.52. The third kappa shape index (κ3) is 3.62. The van der Waals surface area contributed by atoms with E-state index in [9.17, 15) is 23.1 Å². The van der Waals surface area contributed by atoms with Crippen molar-refractivity contribution in [3.63, 3.8) is 0 Å². The van der Waals surface area contributed by atoms with Crippen LogP contribution in [0.3, 0.4) is 0 Å². The van der Waals surface area contributed by atoms with Gasteiger partial charge in [0.2, 0.25) is 0 Å². The van der Waals surface area contributed by atoms with Crippen molar-refractivity contribution in [1.29, 1.82) is 0 Å². The fraction of sp³-hybridized carbons (Fsp3) is 0.417. The summed E-state index contributed by atoms with van der Waals surface area (Å²) in [6.07, 6.45) is -4.91. The van der Waals surface area contributed by atoms with E-state index in [2.05, 4.69) is 15.9 Å². The minimum absolute atomic E-state index is 0.0610. The molecule has 0 amide bonds. The summed E-state index contributed by atoms with van der Waals surface area (Å²) in [5.74, 6) is -2.08. The van der Waals surface area contributed by atoms with E-state index >= 15 is 0 Å². The number of alkyl halides is 3. The summed E-state index contributed by atoms with van der Waals surface area (Å²) in [4.78, 5) is 11.0. The molecule has 0 aliphatic rings. The number of hydrogen-bond acceptors (Lipinski definition) is 2. The van der Waals surface area contributed by atoms with Crippen molar-refractivity contribution in [3.05, 3.63) is 27.7 Å². The lowest BCUT2D eigenvalue weighted by molar-refractivity contribution is -0.146. The molecule has 0 heterocycles. The fourth-order valence-corrected chi connectivity index (χ4v) is 2.06. The van der Waals surface area contributed by atoms with Crippen LogP contribution < -0.4 is 0 Å². The average Bonchev–Trinajstić information content (AvgIpc) is 2.20. The fourth-order valence-electron chi connectivity index (χ4n) is 1.56. The van der Waals surface area contributed by atoms with E-state index in [-0.39, 0.29) is 16.5 Å². The highest BCUT2D eigenvalue weighted by molar-refractivity contribution is 9.10. The van der Waals surface area contributed by atoms with Gasteiger partial charge in [-0.2, -0.15) is 13.2 Å². The summed E-state index contributed by atoms with van der Waals surface area (Å²) in [6, 6.07) is 2.04. The highest BCUT2D eigenvalue weighted by Crippen LogP contribution is 2.41. The molecule has 0 atom stereocenters. The minimum Gasteiger partial charge on any atom is -0.507 e. The Morgan fingerprint density at radius 1 is 1.32 bits per heavy atom. The molecule has 1 aromatic carbocycles. The Morgan fingerprint density at radius 2 is 1.84 bits per heavy atom. The van der Waals surface area contributed by atoms with Gasteiger partial charge in [0, 0.05) is 4.47 Å². The molecule has 0 aromatic heterocycles. The maximum absolute atomic E-state index is 12.7. The second-order valence-electron chi connectivity index (χ2n) is 4.82. The van der Waals surface area contributed by atoms with Crippen molar-refractivity contribution in [2.75, 3.05) is 0 Å². The van der Waals surface area contributed by atoms with Gasteiger partial charge in [0.25, 0.3) is 0 Å². The molecular formula is C12H12BrF3O3. The van der Waals surface area contributed by atoms with Gasteiger partial charge in [0.1, 0.15) is 5.75 Å². The molecule has 3 nitrogen and oxygen atoms in total. The highest BCUT2D eigenvalue weighted by Gasteiger charge is 2.37. The molecule has 0 unspecified atom stereocenters. The number of benzene rings is 1. The van der Waals surface area contributed by atoms with E-state index in [0.29, 0.717) is 0 Å². The molecule has 0 aliphatic carbocycles. The third-order valence-corrected chi connectivity index (χ3v) is 3.13. The number of carbonyl (C=O) groups is 1. The van der Waals surface area contributed by atoms with Crippen LogP contribution in [0.2, 0.25) is 0 Å². The predicted molar refractivity (Wildman–Crippen MR) is 65.9 cm³/mol. The van der Waals surface area contributed by atoms with E-state index in [4.69, 9.17) is 5.11 Å². The SMILES string of the molecule is CC(C)(Cc1cc(Br)cc(C(F)(F)F)c1O)C(=O)O. The van der Waals surface area contributed by atoms with Gasteiger partial charge in [0.05, 0.1) is 11.0 Å². The number of rotatable bonds is 3. The largest absolute Gasteiger partial charge is 0.507 e. The molecule has 2 N–H and O–H groups in total. The van der Waals surface area contributed by atoms with Gasteiger partial charge in [-0.25, -0.2) is 0 Å². The maximum Gasteiger partial charge on any atom is 0.420 e. The highest BCUT2D eigenvalue weighted by atomic mass is 79.9. The molecule has 0 bridgehead atoms. The Labute approximate surface area is 116 Å². The molecule has 1 aromatic rings. The van der Waals surface area contributed by atoms with Crippen molar-refractivity contribution in [2.45, 2.75) is 26.4 Å². The normalized spacial score (nSPS) is 12.5. The van der Waals surface area contributed by atoms with E-state index < -0.39 is 28.9 Å². The number of aliphatic carboxylic acids is 1.